The van der Waals surface area contributed by atoms with E-state index in [4.69, 9.17) is 29.0 Å². The van der Waals surface area contributed by atoms with Crippen molar-refractivity contribution in [2.75, 3.05) is 4.90 Å². The summed E-state index contributed by atoms with van der Waals surface area (Å²) < 4.78 is 24.0. The van der Waals surface area contributed by atoms with Crippen LogP contribution in [-0.4, -0.2) is 37.8 Å². The molecule has 12 aromatic rings. The van der Waals surface area contributed by atoms with Crippen LogP contribution in [0.15, 0.2) is 247 Å². The van der Waals surface area contributed by atoms with Crippen LogP contribution in [0, 0.1) is 0 Å². The monoisotopic (exact) mass is 1090 g/mol. The molecule has 2 aliphatic rings. The summed E-state index contributed by atoms with van der Waals surface area (Å²) >= 11 is 3.71. The third-order valence-electron chi connectivity index (χ3n) is 15.7. The van der Waals surface area contributed by atoms with E-state index in [-0.39, 0.29) is 0 Å². The molecule has 0 saturated carbocycles. The fraction of sp³-hybridized carbons (Fsp3) is 0.0870. The number of anilines is 3. The van der Waals surface area contributed by atoms with E-state index in [9.17, 15) is 0 Å². The summed E-state index contributed by atoms with van der Waals surface area (Å²) in [6.07, 6.45) is 0.583. The van der Waals surface area contributed by atoms with E-state index in [2.05, 4.69) is 240 Å². The molecule has 8 nitrogen and oxygen atoms in total. The van der Waals surface area contributed by atoms with Gasteiger partial charge < -0.3 is 23.5 Å². The molecule has 14 rings (SSSR count). The summed E-state index contributed by atoms with van der Waals surface area (Å²) in [4.78, 5) is 17.8. The van der Waals surface area contributed by atoms with Crippen LogP contribution >= 0.6 is 15.9 Å². The van der Waals surface area contributed by atoms with Crippen LogP contribution in [0.3, 0.4) is 0 Å². The maximum Gasteiger partial charge on any atom is 0.494 e. The molecule has 79 heavy (non-hydrogen) atoms. The Morgan fingerprint density at radius 1 is 0.430 bits per heavy atom. The molecule has 1 saturated heterocycles. The van der Waals surface area contributed by atoms with Crippen molar-refractivity contribution in [3.8, 4) is 73.6 Å². The Labute approximate surface area is 467 Å². The van der Waals surface area contributed by atoms with Gasteiger partial charge in [-0.25, -0.2) is 15.0 Å². The summed E-state index contributed by atoms with van der Waals surface area (Å²) in [5, 5.41) is 2.37. The van der Waals surface area contributed by atoms with Crippen molar-refractivity contribution >= 4 is 67.4 Å². The highest BCUT2D eigenvalue weighted by Gasteiger charge is 2.54. The summed E-state index contributed by atoms with van der Waals surface area (Å²) in [5.41, 5.74) is 14.0. The minimum Gasteiger partial charge on any atom is -0.453 e. The Bertz CT molecular complexity index is 4320. The molecule has 2 aliphatic heterocycles. The van der Waals surface area contributed by atoms with Crippen molar-refractivity contribution in [3.63, 3.8) is 0 Å². The molecule has 0 aliphatic carbocycles. The minimum atomic E-state index is -0.705. The van der Waals surface area contributed by atoms with E-state index in [0.717, 1.165) is 94.2 Å². The van der Waals surface area contributed by atoms with E-state index >= 15 is 0 Å². The van der Waals surface area contributed by atoms with Crippen LogP contribution < -0.4 is 15.1 Å². The molecule has 0 bridgehead atoms. The zero-order chi connectivity index (χ0) is 53.2. The first-order chi connectivity index (χ1) is 38.6. The van der Waals surface area contributed by atoms with Gasteiger partial charge in [0.05, 0.1) is 33.6 Å². The number of para-hydroxylation sites is 3. The minimum absolute atomic E-state index is 0.583. The van der Waals surface area contributed by atoms with E-state index in [1.807, 2.05) is 48.5 Å². The van der Waals surface area contributed by atoms with E-state index in [0.29, 0.717) is 23.9 Å². The lowest BCUT2D eigenvalue weighted by Crippen LogP contribution is -2.46. The lowest BCUT2D eigenvalue weighted by molar-refractivity contribution is -0.00876. The van der Waals surface area contributed by atoms with Crippen LogP contribution in [0.25, 0.3) is 83.9 Å². The van der Waals surface area contributed by atoms with Gasteiger partial charge in [-0.05, 0) is 133 Å². The first kappa shape index (κ1) is 48.4. The molecule has 0 spiro atoms. The fourth-order valence-electron chi connectivity index (χ4n) is 11.3. The summed E-state index contributed by atoms with van der Waals surface area (Å²) in [6.45, 7) is 6.40. The summed E-state index contributed by atoms with van der Waals surface area (Å²) in [7, 11) is -0.601. The van der Waals surface area contributed by atoms with Gasteiger partial charge in [0.2, 0.25) is 0 Å². The highest BCUT2D eigenvalue weighted by molar-refractivity contribution is 9.10. The number of halogens is 1. The predicted molar refractivity (Wildman–Crippen MR) is 324 cm³/mol. The Balaban J connectivity index is 0.753. The molecule has 380 valence electrons. The first-order valence-electron chi connectivity index (χ1n) is 26.6. The van der Waals surface area contributed by atoms with Crippen molar-refractivity contribution in [3.05, 3.63) is 253 Å². The number of aromatic nitrogens is 4. The Morgan fingerprint density at radius 3 is 1.81 bits per heavy atom. The first-order valence-corrected chi connectivity index (χ1v) is 27.4. The molecule has 0 N–H and O–H groups in total. The number of rotatable bonds is 10. The number of hydrogen-bond acceptors (Lipinski definition) is 7. The second-order valence-electron chi connectivity index (χ2n) is 21.1. The zero-order valence-electron chi connectivity index (χ0n) is 43.7. The standard InChI is InChI=1S/C69H51BBrN5O3/c1-68(2)69(3,79-70(78-68)53-27-15-23-48(39-53)50-34-36-62-64(42-50)77-63-33-13-12-32-61(63)76(62)55-28-16-24-49(40-55)46-19-6-4-7-20-46)44-45-18-14-25-51(38-45)66-72-65(47-21-8-5-9-22-47)73-67(74-66)52-26-17-29-56(41-52)75-59-31-11-10-30-57(59)58-43-54(71)35-37-60(58)75/h4-43H,44H2,1-3H3. The molecule has 1 unspecified atom stereocenters. The van der Waals surface area contributed by atoms with Gasteiger partial charge in [-0.3, -0.25) is 0 Å². The van der Waals surface area contributed by atoms with Crippen LogP contribution in [-0.2, 0) is 15.7 Å². The number of hydrogen-bond donors (Lipinski definition) is 0. The van der Waals surface area contributed by atoms with Gasteiger partial charge >= 0.3 is 7.12 Å². The molecular weight excluding hydrogens is 1040 g/mol. The molecule has 0 radical (unpaired) electrons. The molecule has 10 aromatic carbocycles. The third kappa shape index (κ3) is 8.88. The Hall–Kier alpha value is -8.93. The molecule has 4 heterocycles. The van der Waals surface area contributed by atoms with Crippen LogP contribution in [0.5, 0.6) is 11.5 Å². The van der Waals surface area contributed by atoms with Crippen molar-refractivity contribution in [2.45, 2.75) is 38.4 Å². The van der Waals surface area contributed by atoms with Gasteiger partial charge in [-0.15, -0.1) is 0 Å². The normalized spacial score (nSPS) is 15.5. The molecule has 10 heteroatoms. The van der Waals surface area contributed by atoms with Crippen molar-refractivity contribution in [1.82, 2.24) is 19.5 Å². The highest BCUT2D eigenvalue weighted by Crippen LogP contribution is 2.52. The van der Waals surface area contributed by atoms with Gasteiger partial charge in [0.25, 0.3) is 0 Å². The Morgan fingerprint density at radius 2 is 1.01 bits per heavy atom. The Kier molecular flexibility index (Phi) is 12.0. The maximum absolute atomic E-state index is 7.08. The van der Waals surface area contributed by atoms with Gasteiger partial charge in [0.15, 0.2) is 29.0 Å². The van der Waals surface area contributed by atoms with Gasteiger partial charge in [0.1, 0.15) is 0 Å². The van der Waals surface area contributed by atoms with Gasteiger partial charge in [-0.2, -0.15) is 0 Å². The second kappa shape index (κ2) is 19.5. The van der Waals surface area contributed by atoms with E-state index in [1.165, 1.54) is 16.3 Å². The molecular formula is C69H51BBrN5O3. The van der Waals surface area contributed by atoms with E-state index < -0.39 is 18.3 Å². The van der Waals surface area contributed by atoms with Gasteiger partial charge in [0, 0.05) is 49.7 Å². The highest BCUT2D eigenvalue weighted by atomic mass is 79.9. The lowest BCUT2D eigenvalue weighted by Gasteiger charge is -2.36. The second-order valence-corrected chi connectivity index (χ2v) is 22.0. The molecule has 2 aromatic heterocycles. The largest absolute Gasteiger partial charge is 0.494 e. The fourth-order valence-corrected chi connectivity index (χ4v) is 11.6. The SMILES string of the molecule is CC1(C)OB(c2cccc(-c3ccc4c(c3)Oc3ccccc3N4c3cccc(-c4ccccc4)c3)c2)OC1(C)Cc1cccc(-c2nc(-c3ccccc3)nc(-c3cccc(-n4c5ccccc5c5cc(Br)ccc54)c3)n2)c1. The number of ether oxygens (including phenoxy) is 1. The summed E-state index contributed by atoms with van der Waals surface area (Å²) in [5.74, 6) is 3.35. The van der Waals surface area contributed by atoms with Crippen molar-refractivity contribution in [2.24, 2.45) is 0 Å². The van der Waals surface area contributed by atoms with Crippen molar-refractivity contribution < 1.29 is 14.0 Å². The molecule has 1 fully saturated rings. The van der Waals surface area contributed by atoms with Crippen LogP contribution in [0.4, 0.5) is 17.1 Å². The predicted octanol–water partition coefficient (Wildman–Crippen LogP) is 17.2. The van der Waals surface area contributed by atoms with Crippen molar-refractivity contribution in [1.29, 1.82) is 0 Å². The average molecular weight is 1090 g/mol. The molecule has 1 atom stereocenters. The third-order valence-corrected chi connectivity index (χ3v) is 16.2. The topological polar surface area (TPSA) is 74.5 Å². The number of fused-ring (bicyclic) bond motifs is 5. The number of nitrogens with zero attached hydrogens (tertiary/aromatic N) is 5. The summed E-state index contributed by atoms with van der Waals surface area (Å²) in [6, 6.07) is 84.4. The zero-order valence-corrected chi connectivity index (χ0v) is 45.3. The van der Waals surface area contributed by atoms with Crippen LogP contribution in [0.2, 0.25) is 0 Å². The molecule has 0 amide bonds. The quantitative estimate of drug-likeness (QED) is 0.126. The van der Waals surface area contributed by atoms with E-state index in [1.54, 1.807) is 0 Å². The maximum atomic E-state index is 7.08. The lowest BCUT2D eigenvalue weighted by atomic mass is 9.78. The average Bonchev–Trinajstić information content (AvgIpc) is 4.03. The van der Waals surface area contributed by atoms with Crippen LogP contribution in [0.1, 0.15) is 26.3 Å². The van der Waals surface area contributed by atoms with Gasteiger partial charge in [-0.1, -0.05) is 180 Å². The smallest absolute Gasteiger partial charge is 0.453 e. The number of benzene rings is 10.